The number of aromatic nitrogens is 2. The average molecular weight is 180 g/mol. The highest BCUT2D eigenvalue weighted by Gasteiger charge is 2.15. The van der Waals surface area contributed by atoms with E-state index in [0.29, 0.717) is 12.6 Å². The molecule has 70 valence electrons. The normalized spacial score (nSPS) is 22.8. The largest absolute Gasteiger partial charge is 0.379 e. The Kier molecular flexibility index (Phi) is 2.07. The minimum atomic E-state index is 0.279. The molecule has 0 aliphatic carbocycles. The van der Waals surface area contributed by atoms with Gasteiger partial charge in [0, 0.05) is 19.0 Å². The van der Waals surface area contributed by atoms with Crippen LogP contribution in [0.2, 0.25) is 0 Å². The standard InChI is InChI=1S/C9H13N3O/c1-7-4-10-9(11-5-7)12-8-2-3-13-6-8/h4-5,8H,2-3,6H2,1H3,(H,10,11,12)/i4D. The van der Waals surface area contributed by atoms with Crippen molar-refractivity contribution in [2.75, 3.05) is 18.5 Å². The van der Waals surface area contributed by atoms with Crippen molar-refractivity contribution in [3.63, 3.8) is 0 Å². The van der Waals surface area contributed by atoms with E-state index in [1.54, 1.807) is 6.20 Å². The lowest BCUT2D eigenvalue weighted by molar-refractivity contribution is 0.195. The van der Waals surface area contributed by atoms with Crippen molar-refractivity contribution in [1.82, 2.24) is 9.97 Å². The molecule has 1 aromatic rings. The van der Waals surface area contributed by atoms with Gasteiger partial charge < -0.3 is 10.1 Å². The molecule has 1 atom stereocenters. The molecule has 0 aromatic carbocycles. The summed E-state index contributed by atoms with van der Waals surface area (Å²) in [5, 5.41) is 3.14. The highest BCUT2D eigenvalue weighted by atomic mass is 16.5. The Morgan fingerprint density at radius 1 is 1.69 bits per heavy atom. The first-order valence-electron chi connectivity index (χ1n) is 4.90. The fourth-order valence-corrected chi connectivity index (χ4v) is 1.26. The van der Waals surface area contributed by atoms with Gasteiger partial charge in [-0.1, -0.05) is 0 Å². The molecule has 13 heavy (non-hydrogen) atoms. The molecule has 1 unspecified atom stereocenters. The van der Waals surface area contributed by atoms with E-state index in [1.807, 2.05) is 6.92 Å². The number of hydrogen-bond acceptors (Lipinski definition) is 4. The summed E-state index contributed by atoms with van der Waals surface area (Å²) in [4.78, 5) is 8.13. The lowest BCUT2D eigenvalue weighted by atomic mass is 10.3. The molecule has 1 saturated heterocycles. The summed E-state index contributed by atoms with van der Waals surface area (Å²) < 4.78 is 12.7. The second-order valence-corrected chi connectivity index (χ2v) is 3.19. The summed E-state index contributed by atoms with van der Waals surface area (Å²) in [6.45, 7) is 3.31. The number of rotatable bonds is 2. The number of nitrogens with zero attached hydrogens (tertiary/aromatic N) is 2. The van der Waals surface area contributed by atoms with E-state index in [-0.39, 0.29) is 12.2 Å². The third-order valence-electron chi connectivity index (χ3n) is 1.98. The van der Waals surface area contributed by atoms with Crippen LogP contribution in [-0.2, 0) is 4.74 Å². The quantitative estimate of drug-likeness (QED) is 0.737. The van der Waals surface area contributed by atoms with Gasteiger partial charge in [-0.3, -0.25) is 0 Å². The SMILES string of the molecule is [2H]c1nc(NC2CCOC2)ncc1C. The first-order chi connectivity index (χ1) is 6.75. The Labute approximate surface area is 78.8 Å². The Balaban J connectivity index is 2.05. The molecular weight excluding hydrogens is 166 g/mol. The average Bonchev–Trinajstić information content (AvgIpc) is 2.64. The smallest absolute Gasteiger partial charge is 0.222 e. The molecule has 1 aromatic heterocycles. The van der Waals surface area contributed by atoms with Crippen LogP contribution in [-0.4, -0.2) is 29.2 Å². The van der Waals surface area contributed by atoms with Crippen LogP contribution in [0.15, 0.2) is 12.4 Å². The zero-order valence-corrected chi connectivity index (χ0v) is 7.58. The van der Waals surface area contributed by atoms with Crippen LogP contribution in [0.3, 0.4) is 0 Å². The monoisotopic (exact) mass is 180 g/mol. The van der Waals surface area contributed by atoms with Crippen LogP contribution in [0.25, 0.3) is 0 Å². The van der Waals surface area contributed by atoms with Gasteiger partial charge >= 0.3 is 0 Å². The first kappa shape index (κ1) is 7.26. The van der Waals surface area contributed by atoms with Gasteiger partial charge in [-0.15, -0.1) is 0 Å². The van der Waals surface area contributed by atoms with Crippen molar-refractivity contribution >= 4 is 5.95 Å². The zero-order chi connectivity index (χ0) is 9.97. The van der Waals surface area contributed by atoms with Crippen molar-refractivity contribution in [3.05, 3.63) is 17.9 Å². The van der Waals surface area contributed by atoms with Crippen molar-refractivity contribution < 1.29 is 6.11 Å². The highest BCUT2D eigenvalue weighted by molar-refractivity contribution is 5.26. The summed E-state index contributed by atoms with van der Waals surface area (Å²) in [6.07, 6.45) is 2.92. The van der Waals surface area contributed by atoms with E-state index >= 15 is 0 Å². The van der Waals surface area contributed by atoms with E-state index in [4.69, 9.17) is 6.11 Å². The Morgan fingerprint density at radius 3 is 3.31 bits per heavy atom. The third-order valence-corrected chi connectivity index (χ3v) is 1.98. The molecule has 1 N–H and O–H groups in total. The summed E-state index contributed by atoms with van der Waals surface area (Å²) in [6, 6.07) is 0.289. The summed E-state index contributed by atoms with van der Waals surface area (Å²) >= 11 is 0. The highest BCUT2D eigenvalue weighted by Crippen LogP contribution is 2.09. The maximum atomic E-state index is 7.51. The van der Waals surface area contributed by atoms with Gasteiger partial charge in [0.1, 0.15) is 0 Å². The molecule has 1 aliphatic rings. The van der Waals surface area contributed by atoms with Crippen molar-refractivity contribution in [2.45, 2.75) is 19.4 Å². The molecule has 0 saturated carbocycles. The number of anilines is 1. The van der Waals surface area contributed by atoms with Crippen LogP contribution in [0.1, 0.15) is 13.4 Å². The number of hydrogen-bond donors (Lipinski definition) is 1. The fraction of sp³-hybridized carbons (Fsp3) is 0.556. The Bertz CT molecular complexity index is 326. The lowest BCUT2D eigenvalue weighted by Crippen LogP contribution is -2.20. The molecule has 0 amide bonds. The molecular formula is C9H13N3O. The van der Waals surface area contributed by atoms with Gasteiger partial charge in [-0.25, -0.2) is 9.97 Å². The molecule has 4 heteroatoms. The molecule has 1 fully saturated rings. The first-order valence-corrected chi connectivity index (χ1v) is 4.40. The zero-order valence-electron chi connectivity index (χ0n) is 8.58. The molecule has 0 spiro atoms. The maximum Gasteiger partial charge on any atom is 0.222 e. The van der Waals surface area contributed by atoms with Gasteiger partial charge in [-0.2, -0.15) is 0 Å². The molecule has 4 nitrogen and oxygen atoms in total. The third kappa shape index (κ3) is 2.15. The summed E-state index contributed by atoms with van der Waals surface area (Å²) in [5.41, 5.74) is 0.790. The summed E-state index contributed by atoms with van der Waals surface area (Å²) in [5.74, 6) is 0.524. The minimum absolute atomic E-state index is 0.279. The predicted molar refractivity (Wildman–Crippen MR) is 49.6 cm³/mol. The van der Waals surface area contributed by atoms with Gasteiger partial charge in [0.2, 0.25) is 5.95 Å². The van der Waals surface area contributed by atoms with Crippen LogP contribution >= 0.6 is 0 Å². The number of nitrogens with one attached hydrogen (secondary N) is 1. The van der Waals surface area contributed by atoms with E-state index in [0.717, 1.165) is 18.6 Å². The van der Waals surface area contributed by atoms with Gasteiger partial charge in [-0.05, 0) is 18.9 Å². The second-order valence-electron chi connectivity index (χ2n) is 3.19. The topological polar surface area (TPSA) is 47.0 Å². The minimum Gasteiger partial charge on any atom is -0.379 e. The van der Waals surface area contributed by atoms with Gasteiger partial charge in [0.05, 0.1) is 14.0 Å². The van der Waals surface area contributed by atoms with Gasteiger partial charge in [0.15, 0.2) is 0 Å². The lowest BCUT2D eigenvalue weighted by Gasteiger charge is -2.09. The van der Waals surface area contributed by atoms with Crippen molar-refractivity contribution in [3.8, 4) is 0 Å². The van der Waals surface area contributed by atoms with Crippen molar-refractivity contribution in [1.29, 1.82) is 0 Å². The van der Waals surface area contributed by atoms with Crippen LogP contribution in [0, 0.1) is 6.92 Å². The number of ether oxygens (including phenoxy) is 1. The van der Waals surface area contributed by atoms with E-state index < -0.39 is 0 Å². The van der Waals surface area contributed by atoms with Crippen LogP contribution in [0.4, 0.5) is 5.95 Å². The Hall–Kier alpha value is -1.16. The van der Waals surface area contributed by atoms with E-state index in [1.165, 1.54) is 0 Å². The second kappa shape index (κ2) is 3.70. The summed E-state index contributed by atoms with van der Waals surface area (Å²) in [7, 11) is 0. The van der Waals surface area contributed by atoms with Crippen LogP contribution in [0.5, 0.6) is 0 Å². The molecule has 0 bridgehead atoms. The number of aryl methyl sites for hydroxylation is 1. The van der Waals surface area contributed by atoms with Crippen LogP contribution < -0.4 is 5.32 Å². The fourth-order valence-electron chi connectivity index (χ4n) is 1.26. The van der Waals surface area contributed by atoms with Crippen molar-refractivity contribution in [2.24, 2.45) is 0 Å². The van der Waals surface area contributed by atoms with E-state index in [2.05, 4.69) is 15.3 Å². The van der Waals surface area contributed by atoms with Gasteiger partial charge in [0.25, 0.3) is 0 Å². The molecule has 1 aliphatic heterocycles. The predicted octanol–water partition coefficient (Wildman–Crippen LogP) is 0.986. The maximum absolute atomic E-state index is 7.51. The molecule has 2 rings (SSSR count). The molecule has 0 radical (unpaired) electrons. The molecule has 2 heterocycles. The Morgan fingerprint density at radius 2 is 2.62 bits per heavy atom. The van der Waals surface area contributed by atoms with E-state index in [9.17, 15) is 0 Å².